The first-order valence-corrected chi connectivity index (χ1v) is 3.98. The third-order valence-corrected chi connectivity index (χ3v) is 1.83. The van der Waals surface area contributed by atoms with Crippen molar-refractivity contribution in [2.75, 3.05) is 7.11 Å². The lowest BCUT2D eigenvalue weighted by atomic mass is 10.1. The van der Waals surface area contributed by atoms with Gasteiger partial charge in [-0.05, 0) is 18.6 Å². The maximum atomic E-state index is 12.3. The maximum Gasteiger partial charge on any atom is 0.433 e. The number of nitrogens with zero attached hydrogens (tertiary/aromatic N) is 1. The van der Waals surface area contributed by atoms with Crippen LogP contribution in [0.2, 0.25) is 0 Å². The van der Waals surface area contributed by atoms with Crippen LogP contribution in [0.25, 0.3) is 0 Å². The first kappa shape index (κ1) is 11.5. The molecular weight excluding hydrogens is 211 g/mol. The van der Waals surface area contributed by atoms with E-state index >= 15 is 0 Å². The van der Waals surface area contributed by atoms with Gasteiger partial charge in [-0.3, -0.25) is 4.79 Å². The van der Waals surface area contributed by atoms with E-state index in [1.165, 1.54) is 6.92 Å². The molecule has 0 aromatic carbocycles. The summed E-state index contributed by atoms with van der Waals surface area (Å²) >= 11 is 0. The molecule has 0 amide bonds. The number of halogens is 3. The van der Waals surface area contributed by atoms with Crippen molar-refractivity contribution in [1.82, 2.24) is 4.98 Å². The summed E-state index contributed by atoms with van der Waals surface area (Å²) in [6.07, 6.45) is -4.12. The van der Waals surface area contributed by atoms with Crippen molar-refractivity contribution in [1.29, 1.82) is 0 Å². The largest absolute Gasteiger partial charge is 0.480 e. The molecule has 1 heterocycles. The number of aromatic nitrogens is 1. The topological polar surface area (TPSA) is 39.2 Å². The van der Waals surface area contributed by atoms with Crippen LogP contribution in [-0.4, -0.2) is 18.4 Å². The van der Waals surface area contributed by atoms with Gasteiger partial charge < -0.3 is 4.74 Å². The number of rotatable bonds is 2. The zero-order valence-electron chi connectivity index (χ0n) is 8.05. The normalized spacial score (nSPS) is 11.3. The van der Waals surface area contributed by atoms with Crippen molar-refractivity contribution in [2.24, 2.45) is 0 Å². The molecule has 0 radical (unpaired) electrons. The lowest BCUT2D eigenvalue weighted by Crippen LogP contribution is -2.11. The fourth-order valence-electron chi connectivity index (χ4n) is 1.10. The second-order valence-corrected chi connectivity index (χ2v) is 2.86. The number of hydrogen-bond donors (Lipinski definition) is 0. The van der Waals surface area contributed by atoms with Crippen LogP contribution in [0.5, 0.6) is 5.88 Å². The molecular formula is C9H8F3NO2. The highest BCUT2D eigenvalue weighted by Crippen LogP contribution is 2.31. The van der Waals surface area contributed by atoms with Crippen LogP contribution in [0.15, 0.2) is 6.07 Å². The Morgan fingerprint density at radius 2 is 2.07 bits per heavy atom. The van der Waals surface area contributed by atoms with Crippen molar-refractivity contribution < 1.29 is 22.7 Å². The van der Waals surface area contributed by atoms with Gasteiger partial charge in [0.25, 0.3) is 0 Å². The van der Waals surface area contributed by atoms with Crippen molar-refractivity contribution >= 4 is 6.29 Å². The van der Waals surface area contributed by atoms with Gasteiger partial charge in [0.1, 0.15) is 5.69 Å². The SMILES string of the molecule is COc1nc(C(F)(F)F)cc(C)c1C=O. The molecule has 3 nitrogen and oxygen atoms in total. The number of aryl methyl sites for hydroxylation is 1. The Hall–Kier alpha value is -1.59. The molecule has 0 atom stereocenters. The molecule has 0 unspecified atom stereocenters. The molecule has 0 N–H and O–H groups in total. The minimum absolute atomic E-state index is 0.0329. The lowest BCUT2D eigenvalue weighted by molar-refractivity contribution is -0.141. The van der Waals surface area contributed by atoms with Crippen LogP contribution in [0.1, 0.15) is 21.6 Å². The number of carbonyl (C=O) groups excluding carboxylic acids is 1. The second kappa shape index (κ2) is 3.88. The lowest BCUT2D eigenvalue weighted by Gasteiger charge is -2.10. The van der Waals surface area contributed by atoms with Gasteiger partial charge in [0.2, 0.25) is 5.88 Å². The highest BCUT2D eigenvalue weighted by Gasteiger charge is 2.34. The fourth-order valence-corrected chi connectivity index (χ4v) is 1.10. The summed E-state index contributed by atoms with van der Waals surface area (Å²) < 4.78 is 41.6. The van der Waals surface area contributed by atoms with E-state index in [2.05, 4.69) is 9.72 Å². The van der Waals surface area contributed by atoms with Crippen molar-refractivity contribution in [3.05, 3.63) is 22.9 Å². The van der Waals surface area contributed by atoms with Gasteiger partial charge in [-0.25, -0.2) is 4.98 Å². The van der Waals surface area contributed by atoms with E-state index in [-0.39, 0.29) is 17.0 Å². The number of pyridine rings is 1. The van der Waals surface area contributed by atoms with Gasteiger partial charge in [0, 0.05) is 0 Å². The third-order valence-electron chi connectivity index (χ3n) is 1.83. The van der Waals surface area contributed by atoms with Crippen molar-refractivity contribution in [3.8, 4) is 5.88 Å². The Kier molecular flexibility index (Phi) is 2.97. The van der Waals surface area contributed by atoms with Gasteiger partial charge in [-0.2, -0.15) is 13.2 Å². The minimum atomic E-state index is -4.54. The van der Waals surface area contributed by atoms with Gasteiger partial charge in [0.05, 0.1) is 12.7 Å². The van der Waals surface area contributed by atoms with Crippen molar-refractivity contribution in [3.63, 3.8) is 0 Å². The van der Waals surface area contributed by atoms with E-state index in [0.717, 1.165) is 13.2 Å². The number of hydrogen-bond acceptors (Lipinski definition) is 3. The van der Waals surface area contributed by atoms with Crippen LogP contribution < -0.4 is 4.74 Å². The summed E-state index contributed by atoms with van der Waals surface area (Å²) in [5, 5.41) is 0. The molecule has 0 saturated carbocycles. The Morgan fingerprint density at radius 1 is 1.47 bits per heavy atom. The number of aldehydes is 1. The van der Waals surface area contributed by atoms with E-state index in [0.29, 0.717) is 6.29 Å². The smallest absolute Gasteiger partial charge is 0.433 e. The Balaban J connectivity index is 3.38. The molecule has 0 saturated heterocycles. The molecule has 6 heteroatoms. The molecule has 1 aromatic heterocycles. The molecule has 0 bridgehead atoms. The van der Waals surface area contributed by atoms with E-state index in [4.69, 9.17) is 0 Å². The van der Waals surface area contributed by atoms with Crippen LogP contribution in [0.4, 0.5) is 13.2 Å². The van der Waals surface area contributed by atoms with Gasteiger partial charge in [-0.15, -0.1) is 0 Å². The summed E-state index contributed by atoms with van der Waals surface area (Å²) in [5.41, 5.74) is -0.850. The van der Waals surface area contributed by atoms with Crippen LogP contribution in [0, 0.1) is 6.92 Å². The Labute approximate surface area is 83.9 Å². The average molecular weight is 219 g/mol. The summed E-state index contributed by atoms with van der Waals surface area (Å²) in [6, 6.07) is 0.812. The monoisotopic (exact) mass is 219 g/mol. The minimum Gasteiger partial charge on any atom is -0.480 e. The molecule has 0 aliphatic carbocycles. The predicted octanol–water partition coefficient (Wildman–Crippen LogP) is 2.23. The molecule has 1 aromatic rings. The van der Waals surface area contributed by atoms with Crippen LogP contribution in [0.3, 0.4) is 0 Å². The molecule has 15 heavy (non-hydrogen) atoms. The van der Waals surface area contributed by atoms with E-state index < -0.39 is 11.9 Å². The molecule has 0 aliphatic rings. The summed E-state index contributed by atoms with van der Waals surface area (Å²) in [5.74, 6) is -0.308. The Morgan fingerprint density at radius 3 is 2.47 bits per heavy atom. The summed E-state index contributed by atoms with van der Waals surface area (Å²) in [4.78, 5) is 13.8. The van der Waals surface area contributed by atoms with Gasteiger partial charge >= 0.3 is 6.18 Å². The number of methoxy groups -OCH3 is 1. The first-order chi connectivity index (χ1) is 6.90. The highest BCUT2D eigenvalue weighted by atomic mass is 19.4. The van der Waals surface area contributed by atoms with E-state index in [1.54, 1.807) is 0 Å². The molecule has 0 spiro atoms. The van der Waals surface area contributed by atoms with Crippen molar-refractivity contribution in [2.45, 2.75) is 13.1 Å². The number of alkyl halides is 3. The third kappa shape index (κ3) is 2.26. The number of ether oxygens (including phenoxy) is 1. The molecule has 0 aliphatic heterocycles. The summed E-state index contributed by atoms with van der Waals surface area (Å²) in [6.45, 7) is 1.39. The zero-order chi connectivity index (χ0) is 11.6. The van der Waals surface area contributed by atoms with E-state index in [9.17, 15) is 18.0 Å². The molecule has 1 rings (SSSR count). The first-order valence-electron chi connectivity index (χ1n) is 3.98. The Bertz CT molecular complexity index is 388. The van der Waals surface area contributed by atoms with Crippen LogP contribution in [-0.2, 0) is 6.18 Å². The molecule has 82 valence electrons. The quantitative estimate of drug-likeness (QED) is 0.716. The van der Waals surface area contributed by atoms with Crippen LogP contribution >= 0.6 is 0 Å². The number of carbonyl (C=O) groups is 1. The zero-order valence-corrected chi connectivity index (χ0v) is 8.05. The van der Waals surface area contributed by atoms with Gasteiger partial charge in [-0.1, -0.05) is 0 Å². The van der Waals surface area contributed by atoms with Gasteiger partial charge in [0.15, 0.2) is 6.29 Å². The predicted molar refractivity (Wildman–Crippen MR) is 45.9 cm³/mol. The van der Waals surface area contributed by atoms with E-state index in [1.807, 2.05) is 0 Å². The second-order valence-electron chi connectivity index (χ2n) is 2.86. The maximum absolute atomic E-state index is 12.3. The standard InChI is InChI=1S/C9H8F3NO2/c1-5-3-7(9(10,11)12)13-8(15-2)6(5)4-14/h3-4H,1-2H3. The highest BCUT2D eigenvalue weighted by molar-refractivity contribution is 5.80. The fraction of sp³-hybridized carbons (Fsp3) is 0.333. The molecule has 0 fully saturated rings. The summed E-state index contributed by atoms with van der Waals surface area (Å²) in [7, 11) is 1.16. The average Bonchev–Trinajstić information content (AvgIpc) is 2.15.